The lowest BCUT2D eigenvalue weighted by molar-refractivity contribution is -0.121. The van der Waals surface area contributed by atoms with E-state index in [1.807, 2.05) is 17.5 Å². The Morgan fingerprint density at radius 1 is 1.25 bits per heavy atom. The number of hydrazine groups is 1. The van der Waals surface area contributed by atoms with Crippen molar-refractivity contribution in [3.8, 4) is 0 Å². The smallest absolute Gasteiger partial charge is 0.244 e. The summed E-state index contributed by atoms with van der Waals surface area (Å²) in [7, 11) is 0. The average molecular weight is 420 g/mol. The fourth-order valence-corrected chi connectivity index (χ4v) is 3.77. The number of carbonyl (C=O) groups is 1. The minimum atomic E-state index is -0.196. The summed E-state index contributed by atoms with van der Waals surface area (Å²) in [6.45, 7) is 7.39. The molecule has 28 heavy (non-hydrogen) atoms. The second-order valence-corrected chi connectivity index (χ2v) is 8.05. The van der Waals surface area contributed by atoms with Crippen molar-refractivity contribution in [3.05, 3.63) is 40.9 Å². The molecule has 0 spiro atoms. The van der Waals surface area contributed by atoms with Crippen molar-refractivity contribution in [2.75, 3.05) is 36.5 Å². The second kappa shape index (κ2) is 9.81. The quantitative estimate of drug-likeness (QED) is 0.508. The molecule has 9 heteroatoms. The first-order chi connectivity index (χ1) is 13.5. The van der Waals surface area contributed by atoms with Crippen LogP contribution in [-0.4, -0.2) is 42.3 Å². The number of anilines is 2. The van der Waals surface area contributed by atoms with Gasteiger partial charge >= 0.3 is 0 Å². The molecule has 150 valence electrons. The van der Waals surface area contributed by atoms with Crippen LogP contribution in [0.3, 0.4) is 0 Å². The number of thiocarbonyl (C=S) groups is 1. The molecule has 0 radical (unpaired) electrons. The maximum atomic E-state index is 12.1. The largest absolute Gasteiger partial charge is 0.378 e. The van der Waals surface area contributed by atoms with Gasteiger partial charge in [-0.2, -0.15) is 0 Å². The minimum absolute atomic E-state index is 0.194. The van der Waals surface area contributed by atoms with E-state index in [1.54, 1.807) is 11.3 Å². The topological polar surface area (TPSA) is 78.5 Å². The monoisotopic (exact) mass is 419 g/mol. The lowest BCUT2D eigenvalue weighted by atomic mass is 10.0. The van der Waals surface area contributed by atoms with Crippen LogP contribution in [-0.2, 0) is 16.0 Å². The number of rotatable bonds is 5. The molecular weight excluding hydrogens is 394 g/mol. The number of nitrogens with zero attached hydrogens (tertiary/aromatic N) is 2. The number of thiazole rings is 1. The summed E-state index contributed by atoms with van der Waals surface area (Å²) in [4.78, 5) is 18.9. The summed E-state index contributed by atoms with van der Waals surface area (Å²) in [5.74, 6) is 0.283. The molecule has 2 aromatic rings. The minimum Gasteiger partial charge on any atom is -0.378 e. The summed E-state index contributed by atoms with van der Waals surface area (Å²) in [6.07, 6.45) is 0.194. The van der Waals surface area contributed by atoms with Gasteiger partial charge in [-0.25, -0.2) is 4.98 Å². The predicted molar refractivity (Wildman–Crippen MR) is 117 cm³/mol. The van der Waals surface area contributed by atoms with Gasteiger partial charge in [0.2, 0.25) is 5.91 Å². The zero-order chi connectivity index (χ0) is 19.9. The average Bonchev–Trinajstić information content (AvgIpc) is 3.16. The molecule has 3 N–H and O–H groups in total. The van der Waals surface area contributed by atoms with Crippen molar-refractivity contribution in [2.45, 2.75) is 26.2 Å². The SMILES string of the molecule is CC(C)c1ccc(NC(=S)NNC(=O)Cc2csc(N3CCOCC3)n2)cc1. The van der Waals surface area contributed by atoms with E-state index < -0.39 is 0 Å². The normalized spacial score (nSPS) is 14.0. The number of carbonyl (C=O) groups excluding carboxylic acids is 1. The first-order valence-electron chi connectivity index (χ1n) is 9.24. The first-order valence-corrected chi connectivity index (χ1v) is 10.5. The molecule has 1 aromatic heterocycles. The maximum absolute atomic E-state index is 12.1. The number of morpholine rings is 1. The molecule has 0 saturated carbocycles. The molecule has 1 saturated heterocycles. The summed E-state index contributed by atoms with van der Waals surface area (Å²) in [6, 6.07) is 8.05. The van der Waals surface area contributed by atoms with Gasteiger partial charge in [-0.15, -0.1) is 11.3 Å². The van der Waals surface area contributed by atoms with Gasteiger partial charge in [-0.3, -0.25) is 15.6 Å². The van der Waals surface area contributed by atoms with Gasteiger partial charge in [0, 0.05) is 24.2 Å². The molecule has 1 aromatic carbocycles. The number of aromatic nitrogens is 1. The molecule has 0 unspecified atom stereocenters. The van der Waals surface area contributed by atoms with Crippen molar-refractivity contribution in [1.29, 1.82) is 0 Å². The van der Waals surface area contributed by atoms with E-state index in [-0.39, 0.29) is 12.3 Å². The summed E-state index contributed by atoms with van der Waals surface area (Å²) >= 11 is 6.77. The van der Waals surface area contributed by atoms with Crippen molar-refractivity contribution in [2.24, 2.45) is 0 Å². The highest BCUT2D eigenvalue weighted by Crippen LogP contribution is 2.21. The summed E-state index contributed by atoms with van der Waals surface area (Å²) in [5, 5.41) is 6.22. The molecule has 3 rings (SSSR count). The Morgan fingerprint density at radius 3 is 2.64 bits per heavy atom. The van der Waals surface area contributed by atoms with Gasteiger partial charge in [0.05, 0.1) is 25.3 Å². The summed E-state index contributed by atoms with van der Waals surface area (Å²) in [5.41, 5.74) is 8.21. The fourth-order valence-electron chi connectivity index (χ4n) is 2.73. The molecule has 0 bridgehead atoms. The number of hydrogen-bond acceptors (Lipinski definition) is 6. The van der Waals surface area contributed by atoms with Gasteiger partial charge in [-0.05, 0) is 35.8 Å². The Kier molecular flexibility index (Phi) is 7.18. The van der Waals surface area contributed by atoms with Gasteiger partial charge in [-0.1, -0.05) is 26.0 Å². The standard InChI is InChI=1S/C19H25N5O2S2/c1-13(2)14-3-5-15(6-4-14)20-18(27)23-22-17(25)11-16-12-28-19(21-16)24-7-9-26-10-8-24/h3-6,12-13H,7-11H2,1-2H3,(H,22,25)(H2,20,23,27). The summed E-state index contributed by atoms with van der Waals surface area (Å²) < 4.78 is 5.35. The number of nitrogens with one attached hydrogen (secondary N) is 3. The van der Waals surface area contributed by atoms with Crippen LogP contribution in [0, 0.1) is 0 Å². The van der Waals surface area contributed by atoms with Crippen molar-refractivity contribution in [3.63, 3.8) is 0 Å². The predicted octanol–water partition coefficient (Wildman–Crippen LogP) is 2.66. The van der Waals surface area contributed by atoms with Crippen LogP contribution in [0.4, 0.5) is 10.8 Å². The number of hydrogen-bond donors (Lipinski definition) is 3. The van der Waals surface area contributed by atoms with Crippen molar-refractivity contribution >= 4 is 45.4 Å². The highest BCUT2D eigenvalue weighted by Gasteiger charge is 2.15. The van der Waals surface area contributed by atoms with Crippen molar-refractivity contribution < 1.29 is 9.53 Å². The van der Waals surface area contributed by atoms with E-state index >= 15 is 0 Å². The molecule has 7 nitrogen and oxygen atoms in total. The first kappa shape index (κ1) is 20.5. The molecule has 1 amide bonds. The highest BCUT2D eigenvalue weighted by atomic mass is 32.1. The Bertz CT molecular complexity index is 801. The van der Waals surface area contributed by atoms with Gasteiger partial charge in [0.1, 0.15) is 0 Å². The maximum Gasteiger partial charge on any atom is 0.244 e. The van der Waals surface area contributed by atoms with E-state index in [0.717, 1.165) is 29.6 Å². The third kappa shape index (κ3) is 5.88. The van der Waals surface area contributed by atoms with Gasteiger partial charge in [0.25, 0.3) is 0 Å². The lowest BCUT2D eigenvalue weighted by Gasteiger charge is -2.26. The van der Waals surface area contributed by atoms with E-state index in [2.05, 4.69) is 52.0 Å². The lowest BCUT2D eigenvalue weighted by Crippen LogP contribution is -2.44. The molecular formula is C19H25N5O2S2. The molecule has 0 atom stereocenters. The third-order valence-electron chi connectivity index (χ3n) is 4.31. The van der Waals surface area contributed by atoms with E-state index in [4.69, 9.17) is 17.0 Å². The van der Waals surface area contributed by atoms with Gasteiger partial charge in [0.15, 0.2) is 10.2 Å². The third-order valence-corrected chi connectivity index (χ3v) is 5.47. The Balaban J connectivity index is 1.42. The fraction of sp³-hybridized carbons (Fsp3) is 0.421. The van der Waals surface area contributed by atoms with Crippen LogP contribution in [0.2, 0.25) is 0 Å². The van der Waals surface area contributed by atoms with E-state index in [0.29, 0.717) is 24.2 Å². The highest BCUT2D eigenvalue weighted by molar-refractivity contribution is 7.80. The molecule has 1 fully saturated rings. The zero-order valence-electron chi connectivity index (χ0n) is 16.0. The van der Waals surface area contributed by atoms with Crippen LogP contribution in [0.25, 0.3) is 0 Å². The number of amides is 1. The molecule has 0 aliphatic carbocycles. The molecule has 1 aliphatic heterocycles. The Morgan fingerprint density at radius 2 is 1.96 bits per heavy atom. The van der Waals surface area contributed by atoms with Crippen LogP contribution in [0.15, 0.2) is 29.6 Å². The van der Waals surface area contributed by atoms with Crippen LogP contribution in [0.1, 0.15) is 31.0 Å². The van der Waals surface area contributed by atoms with Crippen LogP contribution < -0.4 is 21.1 Å². The van der Waals surface area contributed by atoms with Gasteiger partial charge < -0.3 is 15.0 Å². The van der Waals surface area contributed by atoms with Crippen molar-refractivity contribution in [1.82, 2.24) is 15.8 Å². The molecule has 1 aliphatic rings. The second-order valence-electron chi connectivity index (χ2n) is 6.80. The van der Waals surface area contributed by atoms with E-state index in [1.165, 1.54) is 5.56 Å². The Labute approximate surface area is 174 Å². The van der Waals surface area contributed by atoms with E-state index in [9.17, 15) is 4.79 Å². The number of benzene rings is 1. The molecule has 2 heterocycles. The number of ether oxygens (including phenoxy) is 1. The Hall–Kier alpha value is -2.23. The zero-order valence-corrected chi connectivity index (χ0v) is 17.7. The van der Waals surface area contributed by atoms with Crippen LogP contribution >= 0.6 is 23.6 Å². The van der Waals surface area contributed by atoms with Crippen LogP contribution in [0.5, 0.6) is 0 Å².